The second-order valence-corrected chi connectivity index (χ2v) is 9.32. The van der Waals surface area contributed by atoms with E-state index in [0.29, 0.717) is 22.6 Å². The van der Waals surface area contributed by atoms with Gasteiger partial charge in [0.1, 0.15) is 11.5 Å². The maximum atomic E-state index is 13.4. The molecule has 38 heavy (non-hydrogen) atoms. The molecular formula is C30H36N4O4. The largest absolute Gasteiger partial charge is 0.496 e. The monoisotopic (exact) mass is 516 g/mol. The Morgan fingerprint density at radius 1 is 0.789 bits per heavy atom. The zero-order valence-electron chi connectivity index (χ0n) is 22.5. The van der Waals surface area contributed by atoms with Crippen LogP contribution in [0.5, 0.6) is 11.5 Å². The number of benzene rings is 3. The Hall–Kier alpha value is -4.20. The Labute approximate surface area is 224 Å². The van der Waals surface area contributed by atoms with E-state index >= 15 is 0 Å². The van der Waals surface area contributed by atoms with Gasteiger partial charge in [-0.3, -0.25) is 9.59 Å². The average molecular weight is 517 g/mol. The predicted octanol–water partition coefficient (Wildman–Crippen LogP) is 4.81. The fourth-order valence-corrected chi connectivity index (χ4v) is 4.58. The normalized spacial score (nSPS) is 14.0. The molecule has 2 N–H and O–H groups in total. The predicted molar refractivity (Wildman–Crippen MR) is 152 cm³/mol. The maximum Gasteiger partial charge on any atom is 0.259 e. The molecule has 1 heterocycles. The molecule has 200 valence electrons. The molecule has 0 aliphatic carbocycles. The first-order chi connectivity index (χ1) is 18.4. The van der Waals surface area contributed by atoms with Gasteiger partial charge in [0.05, 0.1) is 31.0 Å². The second-order valence-electron chi connectivity index (χ2n) is 9.32. The van der Waals surface area contributed by atoms with Crippen LogP contribution in [0, 0.1) is 0 Å². The molecule has 0 saturated carbocycles. The number of hydrogen-bond acceptors (Lipinski definition) is 6. The summed E-state index contributed by atoms with van der Waals surface area (Å²) in [6, 6.07) is 20.6. The van der Waals surface area contributed by atoms with Crippen LogP contribution in [0.1, 0.15) is 41.0 Å². The van der Waals surface area contributed by atoms with Crippen molar-refractivity contribution in [2.24, 2.45) is 0 Å². The van der Waals surface area contributed by atoms with Crippen LogP contribution in [0.3, 0.4) is 0 Å². The van der Waals surface area contributed by atoms with E-state index in [4.69, 9.17) is 9.47 Å². The van der Waals surface area contributed by atoms with Crippen molar-refractivity contribution in [3.8, 4) is 11.5 Å². The minimum Gasteiger partial charge on any atom is -0.496 e. The van der Waals surface area contributed by atoms with Crippen molar-refractivity contribution in [1.29, 1.82) is 0 Å². The van der Waals surface area contributed by atoms with Crippen LogP contribution in [-0.2, 0) is 0 Å². The molecule has 8 nitrogen and oxygen atoms in total. The van der Waals surface area contributed by atoms with E-state index in [2.05, 4.69) is 26.5 Å². The van der Waals surface area contributed by atoms with Gasteiger partial charge in [0.25, 0.3) is 11.8 Å². The van der Waals surface area contributed by atoms with Gasteiger partial charge in [0.2, 0.25) is 0 Å². The highest BCUT2D eigenvalue weighted by Crippen LogP contribution is 2.31. The van der Waals surface area contributed by atoms with Crippen LogP contribution in [0.4, 0.5) is 17.1 Å². The zero-order chi connectivity index (χ0) is 27.1. The molecule has 0 bridgehead atoms. The number of hydrogen-bond donors (Lipinski definition) is 2. The summed E-state index contributed by atoms with van der Waals surface area (Å²) in [5.74, 6) is 0.887. The van der Waals surface area contributed by atoms with E-state index in [9.17, 15) is 9.59 Å². The highest BCUT2D eigenvalue weighted by atomic mass is 16.5. The molecule has 4 rings (SSSR count). The van der Waals surface area contributed by atoms with Gasteiger partial charge in [-0.1, -0.05) is 31.2 Å². The first kappa shape index (κ1) is 26.9. The van der Waals surface area contributed by atoms with Crippen LogP contribution in [-0.4, -0.2) is 58.3 Å². The van der Waals surface area contributed by atoms with Crippen molar-refractivity contribution in [2.75, 3.05) is 55.5 Å². The van der Waals surface area contributed by atoms with Crippen LogP contribution in [0.2, 0.25) is 0 Å². The summed E-state index contributed by atoms with van der Waals surface area (Å²) in [5, 5.41) is 6.01. The average Bonchev–Trinajstić information content (AvgIpc) is 2.97. The number of nitrogens with zero attached hydrogens (tertiary/aromatic N) is 2. The smallest absolute Gasteiger partial charge is 0.259 e. The van der Waals surface area contributed by atoms with Crippen molar-refractivity contribution in [1.82, 2.24) is 5.32 Å². The van der Waals surface area contributed by atoms with Crippen molar-refractivity contribution in [2.45, 2.75) is 26.3 Å². The van der Waals surface area contributed by atoms with Gasteiger partial charge in [-0.05, 0) is 55.8 Å². The summed E-state index contributed by atoms with van der Waals surface area (Å²) in [5.41, 5.74) is 3.43. The number of anilines is 3. The van der Waals surface area contributed by atoms with Gasteiger partial charge in [-0.25, -0.2) is 0 Å². The SMILES string of the molecule is CCC(C)NC(=O)c1cc(NC(=O)c2ccccc2OC)ccc1N1CCN(c2ccccc2OC)CC1. The van der Waals surface area contributed by atoms with Crippen molar-refractivity contribution in [3.05, 3.63) is 77.9 Å². The van der Waals surface area contributed by atoms with Gasteiger partial charge >= 0.3 is 0 Å². The van der Waals surface area contributed by atoms with Gasteiger partial charge in [-0.15, -0.1) is 0 Å². The molecule has 0 aromatic heterocycles. The number of rotatable bonds is 9. The van der Waals surface area contributed by atoms with Gasteiger partial charge in [0, 0.05) is 43.6 Å². The van der Waals surface area contributed by atoms with Crippen molar-refractivity contribution >= 4 is 28.9 Å². The van der Waals surface area contributed by atoms with Crippen molar-refractivity contribution < 1.29 is 19.1 Å². The fourth-order valence-electron chi connectivity index (χ4n) is 4.58. The maximum absolute atomic E-state index is 13.4. The quantitative estimate of drug-likeness (QED) is 0.425. The van der Waals surface area contributed by atoms with E-state index in [-0.39, 0.29) is 17.9 Å². The molecule has 3 aromatic rings. The number of amides is 2. The summed E-state index contributed by atoms with van der Waals surface area (Å²) in [7, 11) is 3.22. The lowest BCUT2D eigenvalue weighted by atomic mass is 10.1. The van der Waals surface area contributed by atoms with Gasteiger partial charge < -0.3 is 29.9 Å². The number of piperazine rings is 1. The van der Waals surface area contributed by atoms with Crippen LogP contribution < -0.4 is 29.9 Å². The molecule has 0 radical (unpaired) electrons. The molecule has 0 spiro atoms. The summed E-state index contributed by atoms with van der Waals surface area (Å²) in [4.78, 5) is 30.9. The standard InChI is InChI=1S/C30H36N4O4/c1-5-21(2)31-30(36)24-20-22(32-29(35)23-10-6-8-12-27(23)37-3)14-15-25(24)33-16-18-34(19-17-33)26-11-7-9-13-28(26)38-4/h6-15,20-21H,5,16-19H2,1-4H3,(H,31,36)(H,32,35). The van der Waals surface area contributed by atoms with Gasteiger partial charge in [0.15, 0.2) is 0 Å². The Morgan fingerprint density at radius 3 is 2.05 bits per heavy atom. The number of nitrogens with one attached hydrogen (secondary N) is 2. The number of carbonyl (C=O) groups is 2. The van der Waals surface area contributed by atoms with Crippen LogP contribution >= 0.6 is 0 Å². The molecule has 1 aliphatic rings. The van der Waals surface area contributed by atoms with E-state index in [1.165, 1.54) is 7.11 Å². The lowest BCUT2D eigenvalue weighted by Gasteiger charge is -2.38. The fraction of sp³-hybridized carbons (Fsp3) is 0.333. The Kier molecular flexibility index (Phi) is 8.73. The van der Waals surface area contributed by atoms with E-state index in [0.717, 1.165) is 49.7 Å². The summed E-state index contributed by atoms with van der Waals surface area (Å²) >= 11 is 0. The molecule has 1 unspecified atom stereocenters. The summed E-state index contributed by atoms with van der Waals surface area (Å²) in [6.07, 6.45) is 0.822. The zero-order valence-corrected chi connectivity index (χ0v) is 22.5. The summed E-state index contributed by atoms with van der Waals surface area (Å²) in [6.45, 7) is 7.09. The lowest BCUT2D eigenvalue weighted by Crippen LogP contribution is -2.47. The highest BCUT2D eigenvalue weighted by Gasteiger charge is 2.24. The lowest BCUT2D eigenvalue weighted by molar-refractivity contribution is 0.0938. The number of ether oxygens (including phenoxy) is 2. The van der Waals surface area contributed by atoms with Crippen LogP contribution in [0.25, 0.3) is 0 Å². The minimum absolute atomic E-state index is 0.0320. The minimum atomic E-state index is -0.297. The third kappa shape index (κ3) is 6.02. The first-order valence-electron chi connectivity index (χ1n) is 13.0. The summed E-state index contributed by atoms with van der Waals surface area (Å²) < 4.78 is 10.9. The van der Waals surface area contributed by atoms with E-state index in [1.807, 2.05) is 50.2 Å². The molecular weight excluding hydrogens is 480 g/mol. The Bertz CT molecular complexity index is 1270. The van der Waals surface area contributed by atoms with Crippen LogP contribution in [0.15, 0.2) is 66.7 Å². The van der Waals surface area contributed by atoms with Crippen molar-refractivity contribution in [3.63, 3.8) is 0 Å². The molecule has 1 aliphatic heterocycles. The highest BCUT2D eigenvalue weighted by molar-refractivity contribution is 6.07. The number of para-hydroxylation sites is 3. The Balaban J connectivity index is 1.57. The topological polar surface area (TPSA) is 83.1 Å². The number of carbonyl (C=O) groups excluding carboxylic acids is 2. The third-order valence-electron chi connectivity index (χ3n) is 6.89. The van der Waals surface area contributed by atoms with E-state index in [1.54, 1.807) is 31.4 Å². The molecule has 8 heteroatoms. The third-order valence-corrected chi connectivity index (χ3v) is 6.89. The Morgan fingerprint density at radius 2 is 1.39 bits per heavy atom. The molecule has 1 atom stereocenters. The second kappa shape index (κ2) is 12.4. The first-order valence-corrected chi connectivity index (χ1v) is 13.0. The molecule has 1 fully saturated rings. The molecule has 2 amide bonds. The molecule has 3 aromatic carbocycles. The molecule has 1 saturated heterocycles. The number of methoxy groups -OCH3 is 2. The van der Waals surface area contributed by atoms with Gasteiger partial charge in [-0.2, -0.15) is 0 Å². The van der Waals surface area contributed by atoms with E-state index < -0.39 is 0 Å².